The van der Waals surface area contributed by atoms with Gasteiger partial charge in [-0.2, -0.15) is 0 Å². The molecule has 19 heavy (non-hydrogen) atoms. The fourth-order valence-corrected chi connectivity index (χ4v) is 3.33. The molecule has 0 atom stereocenters. The molecule has 3 nitrogen and oxygen atoms in total. The molecule has 0 bridgehead atoms. The van der Waals surface area contributed by atoms with Crippen molar-refractivity contribution in [2.45, 2.75) is 25.3 Å². The lowest BCUT2D eigenvalue weighted by Gasteiger charge is -2.36. The molecule has 1 heterocycles. The van der Waals surface area contributed by atoms with Crippen LogP contribution < -0.4 is 5.32 Å². The minimum absolute atomic E-state index is 0.0306. The second-order valence-electron chi connectivity index (χ2n) is 4.92. The van der Waals surface area contributed by atoms with E-state index in [9.17, 15) is 4.79 Å². The van der Waals surface area contributed by atoms with Crippen LogP contribution in [-0.4, -0.2) is 30.0 Å². The Morgan fingerprint density at radius 1 is 1.42 bits per heavy atom. The first-order valence-electron chi connectivity index (χ1n) is 6.29. The zero-order valence-corrected chi connectivity index (χ0v) is 14.0. The molecule has 2 rings (SSSR count). The third kappa shape index (κ3) is 3.38. The van der Waals surface area contributed by atoms with E-state index in [2.05, 4.69) is 37.2 Å². The van der Waals surface area contributed by atoms with Gasteiger partial charge in [-0.15, -0.1) is 0 Å². The number of carbonyl (C=O) groups excluding carboxylic acids is 1. The third-order valence-corrected chi connectivity index (χ3v) is 5.65. The van der Waals surface area contributed by atoms with Gasteiger partial charge in [-0.05, 0) is 47.3 Å². The maximum absolute atomic E-state index is 12.4. The van der Waals surface area contributed by atoms with Gasteiger partial charge >= 0.3 is 0 Å². The van der Waals surface area contributed by atoms with Crippen LogP contribution in [0.3, 0.4) is 0 Å². The number of aryl methyl sites for hydroxylation is 1. The first-order valence-corrected chi connectivity index (χ1v) is 8.21. The van der Waals surface area contributed by atoms with Crippen molar-refractivity contribution in [1.29, 1.82) is 0 Å². The fourth-order valence-electron chi connectivity index (χ4n) is 2.19. The molecule has 0 radical (unpaired) electrons. The molecule has 0 saturated carbocycles. The van der Waals surface area contributed by atoms with Crippen LogP contribution in [0.25, 0.3) is 0 Å². The Hall–Kier alpha value is -0.390. The van der Waals surface area contributed by atoms with E-state index in [-0.39, 0.29) is 11.4 Å². The third-order valence-electron chi connectivity index (χ3n) is 3.52. The van der Waals surface area contributed by atoms with E-state index in [0.717, 1.165) is 28.2 Å². The Morgan fingerprint density at radius 2 is 2.11 bits per heavy atom. The van der Waals surface area contributed by atoms with Gasteiger partial charge in [-0.3, -0.25) is 4.79 Å². The number of amides is 1. The summed E-state index contributed by atoms with van der Waals surface area (Å²) in [6.07, 6.45) is 1.68. The molecule has 1 aliphatic rings. The molecule has 0 aliphatic carbocycles. The van der Waals surface area contributed by atoms with Crippen molar-refractivity contribution in [1.82, 2.24) is 5.32 Å². The quantitative estimate of drug-likeness (QED) is 0.803. The Labute approximate surface area is 130 Å². The van der Waals surface area contributed by atoms with Crippen LogP contribution in [0.1, 0.15) is 28.8 Å². The summed E-state index contributed by atoms with van der Waals surface area (Å²) in [7, 11) is 0. The van der Waals surface area contributed by atoms with Crippen molar-refractivity contribution in [2.24, 2.45) is 0 Å². The summed E-state index contributed by atoms with van der Waals surface area (Å²) in [5, 5.41) is 3.92. The molecule has 104 valence electrons. The molecule has 5 heteroatoms. The van der Waals surface area contributed by atoms with Crippen LogP contribution in [-0.2, 0) is 4.74 Å². The zero-order valence-electron chi connectivity index (χ0n) is 10.8. The largest absolute Gasteiger partial charge is 0.381 e. The molecular formula is C14H17Br2NO2. The molecule has 1 aromatic carbocycles. The minimum atomic E-state index is -0.196. The van der Waals surface area contributed by atoms with Gasteiger partial charge in [0.2, 0.25) is 0 Å². The highest BCUT2D eigenvalue weighted by Gasteiger charge is 2.33. The van der Waals surface area contributed by atoms with Crippen LogP contribution in [0, 0.1) is 6.92 Å². The van der Waals surface area contributed by atoms with Crippen LogP contribution in [0.4, 0.5) is 0 Å². The van der Waals surface area contributed by atoms with Gasteiger partial charge in [-0.25, -0.2) is 0 Å². The lowest BCUT2D eigenvalue weighted by Crippen LogP contribution is -2.53. The first kappa shape index (κ1) is 15.0. The predicted molar refractivity (Wildman–Crippen MR) is 82.9 cm³/mol. The Kier molecular flexibility index (Phi) is 5.03. The molecule has 1 aliphatic heterocycles. The number of hydrogen-bond donors (Lipinski definition) is 1. The van der Waals surface area contributed by atoms with Crippen molar-refractivity contribution < 1.29 is 9.53 Å². The molecule has 1 amide bonds. The molecule has 1 N–H and O–H groups in total. The van der Waals surface area contributed by atoms with E-state index < -0.39 is 0 Å². The molecule has 1 saturated heterocycles. The van der Waals surface area contributed by atoms with Gasteiger partial charge in [0.05, 0.1) is 11.1 Å². The first-order chi connectivity index (χ1) is 9.08. The molecule has 1 aromatic rings. The number of carbonyl (C=O) groups is 1. The summed E-state index contributed by atoms with van der Waals surface area (Å²) in [6, 6.07) is 5.73. The van der Waals surface area contributed by atoms with E-state index in [1.807, 2.05) is 25.1 Å². The second kappa shape index (κ2) is 6.37. The summed E-state index contributed by atoms with van der Waals surface area (Å²) in [5.74, 6) is -0.0306. The molecular weight excluding hydrogens is 374 g/mol. The van der Waals surface area contributed by atoms with Crippen LogP contribution in [0.5, 0.6) is 0 Å². The summed E-state index contributed by atoms with van der Waals surface area (Å²) in [4.78, 5) is 12.4. The highest BCUT2D eigenvalue weighted by atomic mass is 79.9. The summed E-state index contributed by atoms with van der Waals surface area (Å²) < 4.78 is 6.24. The maximum Gasteiger partial charge on any atom is 0.252 e. The van der Waals surface area contributed by atoms with E-state index in [1.165, 1.54) is 0 Å². The maximum atomic E-state index is 12.4. The summed E-state index contributed by atoms with van der Waals surface area (Å²) in [5.41, 5.74) is 1.55. The Morgan fingerprint density at radius 3 is 2.74 bits per heavy atom. The second-order valence-corrected chi connectivity index (χ2v) is 6.27. The van der Waals surface area contributed by atoms with Crippen LogP contribution in [0.2, 0.25) is 0 Å². The van der Waals surface area contributed by atoms with Crippen LogP contribution in [0.15, 0.2) is 22.7 Å². The van der Waals surface area contributed by atoms with Gasteiger partial charge in [-0.1, -0.05) is 28.1 Å². The lowest BCUT2D eigenvalue weighted by molar-refractivity contribution is 0.0441. The van der Waals surface area contributed by atoms with Crippen molar-refractivity contribution in [3.8, 4) is 0 Å². The SMILES string of the molecule is Cc1cccc(C(=O)NC2(CBr)CCOCC2)c1Br. The number of ether oxygens (including phenoxy) is 1. The molecule has 0 aromatic heterocycles. The highest BCUT2D eigenvalue weighted by Crippen LogP contribution is 2.26. The number of hydrogen-bond acceptors (Lipinski definition) is 2. The van der Waals surface area contributed by atoms with Gasteiger partial charge in [0.15, 0.2) is 0 Å². The molecule has 0 spiro atoms. The van der Waals surface area contributed by atoms with Crippen LogP contribution >= 0.6 is 31.9 Å². The monoisotopic (exact) mass is 389 g/mol. The smallest absolute Gasteiger partial charge is 0.252 e. The number of benzene rings is 1. The fraction of sp³-hybridized carbons (Fsp3) is 0.500. The number of rotatable bonds is 3. The zero-order chi connectivity index (χ0) is 13.9. The highest BCUT2D eigenvalue weighted by molar-refractivity contribution is 9.10. The average molecular weight is 391 g/mol. The van der Waals surface area contributed by atoms with Crippen molar-refractivity contribution in [3.63, 3.8) is 0 Å². The van der Waals surface area contributed by atoms with E-state index in [4.69, 9.17) is 4.74 Å². The predicted octanol–water partition coefficient (Wildman–Crippen LogP) is 3.43. The van der Waals surface area contributed by atoms with Gasteiger partial charge in [0.25, 0.3) is 5.91 Å². The number of alkyl halides is 1. The standard InChI is InChI=1S/C14H17Br2NO2/c1-10-3-2-4-11(12(10)16)13(18)17-14(9-15)5-7-19-8-6-14/h2-4H,5-9H2,1H3,(H,17,18). The van der Waals surface area contributed by atoms with Gasteiger partial charge in [0, 0.05) is 23.0 Å². The van der Waals surface area contributed by atoms with Gasteiger partial charge < -0.3 is 10.1 Å². The minimum Gasteiger partial charge on any atom is -0.381 e. The summed E-state index contributed by atoms with van der Waals surface area (Å²) in [6.45, 7) is 3.37. The van der Waals surface area contributed by atoms with Crippen molar-refractivity contribution in [2.75, 3.05) is 18.5 Å². The normalized spacial score (nSPS) is 18.1. The molecule has 0 unspecified atom stereocenters. The van der Waals surface area contributed by atoms with E-state index in [1.54, 1.807) is 0 Å². The van der Waals surface area contributed by atoms with Crippen molar-refractivity contribution >= 4 is 37.8 Å². The number of nitrogens with one attached hydrogen (secondary N) is 1. The average Bonchev–Trinajstić information content (AvgIpc) is 2.42. The summed E-state index contributed by atoms with van der Waals surface area (Å²) >= 11 is 7.01. The lowest BCUT2D eigenvalue weighted by atomic mass is 9.92. The molecule has 1 fully saturated rings. The Bertz CT molecular complexity index is 471. The number of halogens is 2. The van der Waals surface area contributed by atoms with E-state index in [0.29, 0.717) is 18.8 Å². The topological polar surface area (TPSA) is 38.3 Å². The van der Waals surface area contributed by atoms with Crippen molar-refractivity contribution in [3.05, 3.63) is 33.8 Å². The van der Waals surface area contributed by atoms with Gasteiger partial charge in [0.1, 0.15) is 0 Å². The Balaban J connectivity index is 2.17. The van der Waals surface area contributed by atoms with E-state index >= 15 is 0 Å².